The van der Waals surface area contributed by atoms with E-state index in [1.807, 2.05) is 11.8 Å². The molecule has 0 unspecified atom stereocenters. The first-order chi connectivity index (χ1) is 8.65. The Morgan fingerprint density at radius 3 is 2.72 bits per heavy atom. The highest BCUT2D eigenvalue weighted by Crippen LogP contribution is 2.22. The Bertz CT molecular complexity index is 396. The van der Waals surface area contributed by atoms with Crippen molar-refractivity contribution in [3.05, 3.63) is 23.8 Å². The molecule has 0 aliphatic carbocycles. The molecule has 0 aromatic heterocycles. The van der Waals surface area contributed by atoms with Gasteiger partial charge in [-0.25, -0.2) is 0 Å². The third kappa shape index (κ3) is 4.87. The zero-order chi connectivity index (χ0) is 13.4. The van der Waals surface area contributed by atoms with Crippen molar-refractivity contribution in [2.45, 2.75) is 19.3 Å². The van der Waals surface area contributed by atoms with Gasteiger partial charge >= 0.3 is 0 Å². The number of phenolic OH excluding ortho intramolecular Hbond substituents is 2. The zero-order valence-electron chi connectivity index (χ0n) is 10.5. The number of aromatic hydroxyl groups is 2. The fourth-order valence-corrected chi connectivity index (χ4v) is 2.05. The van der Waals surface area contributed by atoms with Crippen molar-refractivity contribution in [2.75, 3.05) is 18.6 Å². The predicted molar refractivity (Wildman–Crippen MR) is 74.3 cm³/mol. The molecule has 1 amide bonds. The number of carbonyl (C=O) groups is 1. The Morgan fingerprint density at radius 1 is 1.28 bits per heavy atom. The molecule has 0 bridgehead atoms. The second kappa shape index (κ2) is 7.87. The second-order valence-electron chi connectivity index (χ2n) is 4.01. The van der Waals surface area contributed by atoms with E-state index >= 15 is 0 Å². The molecule has 0 saturated heterocycles. The van der Waals surface area contributed by atoms with Crippen LogP contribution < -0.4 is 5.32 Å². The van der Waals surface area contributed by atoms with Crippen LogP contribution in [0.4, 0.5) is 0 Å². The summed E-state index contributed by atoms with van der Waals surface area (Å²) in [6, 6.07) is 3.95. The lowest BCUT2D eigenvalue weighted by Crippen LogP contribution is -2.24. The van der Waals surface area contributed by atoms with Crippen LogP contribution in [-0.4, -0.2) is 34.7 Å². The van der Waals surface area contributed by atoms with Crippen molar-refractivity contribution in [1.29, 1.82) is 0 Å². The summed E-state index contributed by atoms with van der Waals surface area (Å²) < 4.78 is 0. The number of rotatable bonds is 7. The number of carbonyl (C=O) groups excluding carboxylic acids is 1. The topological polar surface area (TPSA) is 69.6 Å². The van der Waals surface area contributed by atoms with E-state index < -0.39 is 0 Å². The quantitative estimate of drug-likeness (QED) is 0.665. The van der Waals surface area contributed by atoms with Crippen molar-refractivity contribution in [3.8, 4) is 11.5 Å². The lowest BCUT2D eigenvalue weighted by Gasteiger charge is -2.07. The average molecular weight is 269 g/mol. The van der Waals surface area contributed by atoms with Crippen LogP contribution >= 0.6 is 11.8 Å². The number of unbranched alkanes of at least 4 members (excludes halogenated alkanes) is 2. The first-order valence-corrected chi connectivity index (χ1v) is 7.33. The van der Waals surface area contributed by atoms with Gasteiger partial charge in [0.1, 0.15) is 11.5 Å². The second-order valence-corrected chi connectivity index (χ2v) is 5.00. The molecule has 0 spiro atoms. The molecule has 0 heterocycles. The van der Waals surface area contributed by atoms with Crippen molar-refractivity contribution >= 4 is 17.7 Å². The average Bonchev–Trinajstić information content (AvgIpc) is 2.33. The minimum atomic E-state index is -0.308. The summed E-state index contributed by atoms with van der Waals surface area (Å²) in [5.74, 6) is 0.584. The predicted octanol–water partition coefficient (Wildman–Crippen LogP) is 2.36. The minimum Gasteiger partial charge on any atom is -0.508 e. The van der Waals surface area contributed by atoms with Crippen molar-refractivity contribution < 1.29 is 15.0 Å². The summed E-state index contributed by atoms with van der Waals surface area (Å²) in [6.45, 7) is 0.605. The van der Waals surface area contributed by atoms with Crippen molar-refractivity contribution in [3.63, 3.8) is 0 Å². The number of thioether (sulfide) groups is 1. The summed E-state index contributed by atoms with van der Waals surface area (Å²) in [7, 11) is 0. The van der Waals surface area contributed by atoms with Gasteiger partial charge in [-0.3, -0.25) is 4.79 Å². The normalized spacial score (nSPS) is 10.3. The fourth-order valence-electron chi connectivity index (χ4n) is 1.56. The van der Waals surface area contributed by atoms with E-state index in [9.17, 15) is 9.90 Å². The third-order valence-corrected chi connectivity index (χ3v) is 3.23. The zero-order valence-corrected chi connectivity index (χ0v) is 11.3. The van der Waals surface area contributed by atoms with Gasteiger partial charge in [0.15, 0.2) is 0 Å². The van der Waals surface area contributed by atoms with Crippen LogP contribution in [-0.2, 0) is 0 Å². The van der Waals surface area contributed by atoms with E-state index in [1.165, 1.54) is 12.1 Å². The SMILES string of the molecule is CSCCCCCNC(=O)c1ccc(O)cc1O. The highest BCUT2D eigenvalue weighted by atomic mass is 32.2. The first-order valence-electron chi connectivity index (χ1n) is 5.94. The summed E-state index contributed by atoms with van der Waals surface area (Å²) in [5, 5.41) is 21.4. The summed E-state index contributed by atoms with van der Waals surface area (Å²) in [6.07, 6.45) is 5.25. The van der Waals surface area contributed by atoms with Gasteiger partial charge in [-0.1, -0.05) is 6.42 Å². The lowest BCUT2D eigenvalue weighted by molar-refractivity contribution is 0.0950. The van der Waals surface area contributed by atoms with Crippen LogP contribution in [0.2, 0.25) is 0 Å². The van der Waals surface area contributed by atoms with Crippen LogP contribution in [0.3, 0.4) is 0 Å². The van der Waals surface area contributed by atoms with Gasteiger partial charge in [0, 0.05) is 12.6 Å². The Kier molecular flexibility index (Phi) is 6.43. The van der Waals surface area contributed by atoms with Crippen LogP contribution in [0.25, 0.3) is 0 Å². The molecule has 18 heavy (non-hydrogen) atoms. The number of benzene rings is 1. The Morgan fingerprint density at radius 2 is 2.06 bits per heavy atom. The highest BCUT2D eigenvalue weighted by Gasteiger charge is 2.10. The smallest absolute Gasteiger partial charge is 0.255 e. The largest absolute Gasteiger partial charge is 0.508 e. The first kappa shape index (κ1) is 14.7. The van der Waals surface area contributed by atoms with Gasteiger partial charge < -0.3 is 15.5 Å². The van der Waals surface area contributed by atoms with E-state index in [0.29, 0.717) is 6.54 Å². The molecule has 3 N–H and O–H groups in total. The molecular weight excluding hydrogens is 250 g/mol. The molecule has 0 aliphatic rings. The molecule has 1 aromatic rings. The van der Waals surface area contributed by atoms with Crippen LogP contribution in [0.15, 0.2) is 18.2 Å². The molecule has 1 aromatic carbocycles. The summed E-state index contributed by atoms with van der Waals surface area (Å²) in [4.78, 5) is 11.7. The summed E-state index contributed by atoms with van der Waals surface area (Å²) in [5.41, 5.74) is 0.192. The molecule has 5 heteroatoms. The molecule has 100 valence electrons. The van der Waals surface area contributed by atoms with Gasteiger partial charge in [0.2, 0.25) is 0 Å². The molecule has 0 fully saturated rings. The maximum Gasteiger partial charge on any atom is 0.255 e. The third-order valence-electron chi connectivity index (χ3n) is 2.54. The number of hydrogen-bond acceptors (Lipinski definition) is 4. The van der Waals surface area contributed by atoms with Crippen molar-refractivity contribution in [1.82, 2.24) is 5.32 Å². The number of phenols is 2. The maximum atomic E-state index is 11.7. The minimum absolute atomic E-state index is 0.0545. The Balaban J connectivity index is 2.32. The molecule has 4 nitrogen and oxygen atoms in total. The van der Waals surface area contributed by atoms with Crippen molar-refractivity contribution in [2.24, 2.45) is 0 Å². The molecule has 0 aliphatic heterocycles. The Hall–Kier alpha value is -1.36. The molecular formula is C13H19NO3S. The maximum absolute atomic E-state index is 11.7. The molecule has 1 rings (SSSR count). The van der Waals surface area contributed by atoms with Gasteiger partial charge in [-0.15, -0.1) is 0 Å². The van der Waals surface area contributed by atoms with Gasteiger partial charge in [0.25, 0.3) is 5.91 Å². The van der Waals surface area contributed by atoms with Gasteiger partial charge in [0.05, 0.1) is 5.56 Å². The molecule has 0 radical (unpaired) electrons. The van der Waals surface area contributed by atoms with Crippen LogP contribution in [0.1, 0.15) is 29.6 Å². The summed E-state index contributed by atoms with van der Waals surface area (Å²) >= 11 is 1.82. The number of hydrogen-bond donors (Lipinski definition) is 3. The Labute approximate surface area is 111 Å². The highest BCUT2D eigenvalue weighted by molar-refractivity contribution is 7.98. The van der Waals surface area contributed by atoms with Crippen LogP contribution in [0, 0.1) is 0 Å². The van der Waals surface area contributed by atoms with E-state index in [-0.39, 0.29) is 23.0 Å². The van der Waals surface area contributed by atoms with Gasteiger partial charge in [-0.2, -0.15) is 11.8 Å². The lowest BCUT2D eigenvalue weighted by atomic mass is 10.1. The van der Waals surface area contributed by atoms with E-state index in [4.69, 9.17) is 5.11 Å². The van der Waals surface area contributed by atoms with E-state index in [0.717, 1.165) is 31.1 Å². The van der Waals surface area contributed by atoms with Gasteiger partial charge in [-0.05, 0) is 37.0 Å². The van der Waals surface area contributed by atoms with Crippen LogP contribution in [0.5, 0.6) is 11.5 Å². The number of nitrogens with one attached hydrogen (secondary N) is 1. The molecule has 0 saturated carbocycles. The monoisotopic (exact) mass is 269 g/mol. The van der Waals surface area contributed by atoms with E-state index in [2.05, 4.69) is 11.6 Å². The number of amides is 1. The molecule has 0 atom stereocenters. The van der Waals surface area contributed by atoms with E-state index in [1.54, 1.807) is 0 Å². The fraction of sp³-hybridized carbons (Fsp3) is 0.462. The standard InChI is InChI=1S/C13H19NO3S/c1-18-8-4-2-3-7-14-13(17)11-6-5-10(15)9-12(11)16/h5-6,9,15-16H,2-4,7-8H2,1H3,(H,14,17).